The lowest BCUT2D eigenvalue weighted by atomic mass is 9.92. The van der Waals surface area contributed by atoms with Crippen molar-refractivity contribution in [3.8, 4) is 45.3 Å². The highest BCUT2D eigenvalue weighted by molar-refractivity contribution is 7.25. The predicted octanol–water partition coefficient (Wildman–Crippen LogP) is 12.4. The zero-order chi connectivity index (χ0) is 45.4. The van der Waals surface area contributed by atoms with Crippen LogP contribution in [-0.4, -0.2) is 15.0 Å². The molecule has 0 N–H and O–H groups in total. The maximum Gasteiger partial charge on any atom is 0.164 e. The van der Waals surface area contributed by atoms with Crippen LogP contribution in [0, 0.1) is 0 Å². The first-order valence-corrected chi connectivity index (χ1v) is 16.0. The summed E-state index contributed by atoms with van der Waals surface area (Å²) in [5.74, 6) is 0.118. The molecule has 0 unspecified atom stereocenters. The summed E-state index contributed by atoms with van der Waals surface area (Å²) in [5, 5.41) is -0.347. The Bertz CT molecular complexity index is 3700. The van der Waals surface area contributed by atoms with Gasteiger partial charge in [-0.15, -0.1) is 11.3 Å². The zero-order valence-electron chi connectivity index (χ0n) is 40.2. The Kier molecular flexibility index (Phi) is 3.82. The monoisotopic (exact) mass is 656 g/mol. The normalized spacial score (nSPS) is 16.0. The van der Waals surface area contributed by atoms with Gasteiger partial charge in [-0.3, -0.25) is 0 Å². The lowest BCUT2D eigenvalue weighted by Crippen LogP contribution is -2.00. The second-order valence-electron chi connectivity index (χ2n) is 11.2. The van der Waals surface area contributed by atoms with Gasteiger partial charge >= 0.3 is 0 Å². The van der Waals surface area contributed by atoms with Crippen LogP contribution in [0.2, 0.25) is 0 Å². The van der Waals surface area contributed by atoms with Crippen LogP contribution < -0.4 is 0 Å². The first-order valence-electron chi connectivity index (χ1n) is 22.7. The Labute approximate surface area is 307 Å². The number of hydrogen-bond donors (Lipinski definition) is 0. The fourth-order valence-electron chi connectivity index (χ4n) is 6.15. The van der Waals surface area contributed by atoms with E-state index in [1.54, 1.807) is 35.6 Å². The average molecular weight is 657 g/mol. The van der Waals surface area contributed by atoms with E-state index < -0.39 is 102 Å². The molecule has 228 valence electrons. The Morgan fingerprint density at radius 2 is 0.980 bits per heavy atom. The van der Waals surface area contributed by atoms with Gasteiger partial charge in [-0.1, -0.05) is 139 Å². The van der Waals surface area contributed by atoms with Crippen molar-refractivity contribution in [2.45, 2.75) is 0 Å². The third-order valence-electron chi connectivity index (χ3n) is 8.35. The smallest absolute Gasteiger partial charge is 0.164 e. The Balaban J connectivity index is 1.34. The lowest BCUT2D eigenvalue weighted by Gasteiger charge is -2.13. The van der Waals surface area contributed by atoms with Gasteiger partial charge < -0.3 is 0 Å². The fourth-order valence-corrected chi connectivity index (χ4v) is 7.28. The topological polar surface area (TPSA) is 38.7 Å². The molecule has 0 bridgehead atoms. The van der Waals surface area contributed by atoms with Crippen molar-refractivity contribution in [2.24, 2.45) is 0 Å². The van der Waals surface area contributed by atoms with Crippen molar-refractivity contribution in [1.29, 1.82) is 0 Å². The molecule has 0 aliphatic rings. The largest absolute Gasteiger partial charge is 0.208 e. The molecule has 0 saturated carbocycles. The molecule has 0 fully saturated rings. The second kappa shape index (κ2) is 11.2. The van der Waals surface area contributed by atoms with Gasteiger partial charge in [-0.05, 0) is 67.7 Å². The summed E-state index contributed by atoms with van der Waals surface area (Å²) in [4.78, 5) is 14.4. The number of hydrogen-bond acceptors (Lipinski definition) is 4. The van der Waals surface area contributed by atoms with E-state index in [0.717, 1.165) is 20.2 Å². The third kappa shape index (κ3) is 4.61. The maximum atomic E-state index is 9.73. The molecular formula is C45H27N3S. The number of thiophene rings is 1. The summed E-state index contributed by atoms with van der Waals surface area (Å²) in [6.45, 7) is 0. The molecular weight excluding hydrogens is 615 g/mol. The van der Waals surface area contributed by atoms with E-state index >= 15 is 0 Å². The second-order valence-corrected chi connectivity index (χ2v) is 12.3. The highest BCUT2D eigenvalue weighted by Gasteiger charge is 2.17. The summed E-state index contributed by atoms with van der Waals surface area (Å²) >= 11 is 1.58. The SMILES string of the molecule is [2H]c1c([2H])c(-c2nc(-c3ccccc3)nc(-c3cccc4sc5ccccc5c34)n2)c([2H])c(-c2c([2H])c([2H])c3c4c([2H])c([2H])c([2H])c([2H])c4c4c([2H])c([2H])c([2H])c([2H])c4c3c2[2H])c1[2H]. The molecule has 0 radical (unpaired) electrons. The van der Waals surface area contributed by atoms with Crippen LogP contribution in [-0.2, 0) is 0 Å². The number of benzene rings is 8. The van der Waals surface area contributed by atoms with Gasteiger partial charge in [0.1, 0.15) is 0 Å². The fraction of sp³-hybridized carbons (Fsp3) is 0. The molecule has 0 atom stereocenters. The summed E-state index contributed by atoms with van der Waals surface area (Å²) in [6, 6.07) is 12.0. The molecule has 49 heavy (non-hydrogen) atoms. The number of rotatable bonds is 4. The summed E-state index contributed by atoms with van der Waals surface area (Å²) in [5.41, 5.74) is -0.242. The standard InChI is InChI=1S/C45H27N3S/c1-2-12-28(13-3-1)43-46-44(48-45(47-43)38-21-11-23-41-42(38)37-20-8-9-22-40(37)49-41)31-15-10-14-29(26-31)30-24-25-36-34-18-5-4-16-32(34)33-17-6-7-19-35(33)39(36)27-30/h1-27H/i4D,5D,6D,7D,10D,14D,15D,16D,17D,18D,19D,24D,25D,26D,27D. The van der Waals surface area contributed by atoms with E-state index in [0.29, 0.717) is 11.1 Å². The van der Waals surface area contributed by atoms with Crippen LogP contribution in [0.4, 0.5) is 0 Å². The highest BCUT2D eigenvalue weighted by atomic mass is 32.1. The van der Waals surface area contributed by atoms with E-state index in [1.165, 1.54) is 0 Å². The van der Waals surface area contributed by atoms with Gasteiger partial charge in [-0.2, -0.15) is 0 Å². The van der Waals surface area contributed by atoms with E-state index in [2.05, 4.69) is 0 Å². The maximum absolute atomic E-state index is 9.73. The number of aromatic nitrogens is 3. The summed E-state index contributed by atoms with van der Waals surface area (Å²) < 4.78 is 137. The van der Waals surface area contributed by atoms with Gasteiger partial charge in [0, 0.05) is 36.9 Å². The van der Waals surface area contributed by atoms with Crippen molar-refractivity contribution in [3.05, 3.63) is 163 Å². The molecule has 2 heterocycles. The Hall–Kier alpha value is -6.23. The molecule has 2 aromatic heterocycles. The minimum absolute atomic E-state index is 0.164. The Morgan fingerprint density at radius 1 is 0.388 bits per heavy atom. The van der Waals surface area contributed by atoms with E-state index in [9.17, 15) is 6.85 Å². The van der Waals surface area contributed by atoms with E-state index in [1.807, 2.05) is 48.5 Å². The van der Waals surface area contributed by atoms with E-state index in [-0.39, 0.29) is 55.4 Å². The molecule has 4 heteroatoms. The van der Waals surface area contributed by atoms with Crippen LogP contribution >= 0.6 is 11.3 Å². The average Bonchev–Trinajstić information content (AvgIpc) is 3.69. The van der Waals surface area contributed by atoms with Gasteiger partial charge in [0.15, 0.2) is 17.5 Å². The third-order valence-corrected chi connectivity index (χ3v) is 9.48. The molecule has 3 nitrogen and oxygen atoms in total. The molecule has 0 amide bonds. The van der Waals surface area contributed by atoms with Crippen molar-refractivity contribution in [1.82, 2.24) is 15.0 Å². The Morgan fingerprint density at radius 3 is 1.76 bits per heavy atom. The van der Waals surface area contributed by atoms with E-state index in [4.69, 9.17) is 28.7 Å². The van der Waals surface area contributed by atoms with Gasteiger partial charge in [-0.25, -0.2) is 15.0 Å². The van der Waals surface area contributed by atoms with Crippen molar-refractivity contribution in [3.63, 3.8) is 0 Å². The predicted molar refractivity (Wildman–Crippen MR) is 207 cm³/mol. The first-order chi connectivity index (χ1) is 30.5. The lowest BCUT2D eigenvalue weighted by molar-refractivity contribution is 1.08. The highest BCUT2D eigenvalue weighted by Crippen LogP contribution is 2.40. The van der Waals surface area contributed by atoms with Crippen LogP contribution in [0.15, 0.2) is 163 Å². The van der Waals surface area contributed by atoms with Gasteiger partial charge in [0.05, 0.1) is 20.6 Å². The molecule has 0 aliphatic carbocycles. The molecule has 0 aliphatic heterocycles. The van der Waals surface area contributed by atoms with Crippen LogP contribution in [0.1, 0.15) is 20.6 Å². The molecule has 10 rings (SSSR count). The zero-order valence-corrected chi connectivity index (χ0v) is 26.0. The van der Waals surface area contributed by atoms with Crippen LogP contribution in [0.25, 0.3) is 97.8 Å². The van der Waals surface area contributed by atoms with Gasteiger partial charge in [0.25, 0.3) is 0 Å². The summed E-state index contributed by atoms with van der Waals surface area (Å²) in [7, 11) is 0. The van der Waals surface area contributed by atoms with Crippen molar-refractivity contribution < 1.29 is 20.6 Å². The quantitative estimate of drug-likeness (QED) is 0.177. The molecule has 8 aromatic carbocycles. The molecule has 10 aromatic rings. The van der Waals surface area contributed by atoms with Crippen molar-refractivity contribution >= 4 is 63.8 Å². The minimum atomic E-state index is -0.770. The van der Waals surface area contributed by atoms with Crippen LogP contribution in [0.5, 0.6) is 0 Å². The first kappa shape index (κ1) is 16.7. The van der Waals surface area contributed by atoms with Crippen LogP contribution in [0.3, 0.4) is 0 Å². The number of nitrogens with zero attached hydrogens (tertiary/aromatic N) is 3. The minimum Gasteiger partial charge on any atom is -0.208 e. The summed E-state index contributed by atoms with van der Waals surface area (Å²) in [6.07, 6.45) is 0. The van der Waals surface area contributed by atoms with Gasteiger partial charge in [0.2, 0.25) is 0 Å². The molecule has 0 spiro atoms. The van der Waals surface area contributed by atoms with Crippen molar-refractivity contribution in [2.75, 3.05) is 0 Å². The number of fused-ring (bicyclic) bond motifs is 9. The molecule has 0 saturated heterocycles.